The second kappa shape index (κ2) is 5.36. The molecule has 19 heavy (non-hydrogen) atoms. The number of rotatable bonds is 4. The average Bonchev–Trinajstić information content (AvgIpc) is 2.93. The number of anilines is 1. The highest BCUT2D eigenvalue weighted by atomic mass is 32.1. The summed E-state index contributed by atoms with van der Waals surface area (Å²) in [6, 6.07) is 10.4. The van der Waals surface area contributed by atoms with Crippen LogP contribution in [0.15, 0.2) is 42.7 Å². The lowest BCUT2D eigenvalue weighted by Gasteiger charge is -2.00. The lowest BCUT2D eigenvalue weighted by Crippen LogP contribution is -1.97. The summed E-state index contributed by atoms with van der Waals surface area (Å²) < 4.78 is 0. The van der Waals surface area contributed by atoms with Crippen molar-refractivity contribution >= 4 is 27.4 Å². The molecule has 2 heterocycles. The van der Waals surface area contributed by atoms with E-state index in [4.69, 9.17) is 0 Å². The summed E-state index contributed by atoms with van der Waals surface area (Å²) in [7, 11) is 0. The molecule has 3 nitrogen and oxygen atoms in total. The number of benzene rings is 1. The Balaban J connectivity index is 1.92. The van der Waals surface area contributed by atoms with Crippen LogP contribution < -0.4 is 5.32 Å². The minimum atomic E-state index is 0.967. The van der Waals surface area contributed by atoms with Crippen LogP contribution >= 0.6 is 11.3 Å². The zero-order valence-corrected chi connectivity index (χ0v) is 11.6. The van der Waals surface area contributed by atoms with E-state index in [2.05, 4.69) is 46.5 Å². The fourth-order valence-electron chi connectivity index (χ4n) is 1.95. The highest BCUT2D eigenvalue weighted by Gasteiger charge is 2.05. The molecule has 0 aliphatic carbocycles. The van der Waals surface area contributed by atoms with Crippen LogP contribution in [0.1, 0.15) is 13.3 Å². The van der Waals surface area contributed by atoms with Gasteiger partial charge in [0, 0.05) is 24.3 Å². The van der Waals surface area contributed by atoms with E-state index < -0.39 is 0 Å². The van der Waals surface area contributed by atoms with Gasteiger partial charge in [0.2, 0.25) is 0 Å². The van der Waals surface area contributed by atoms with Crippen LogP contribution in [0.3, 0.4) is 0 Å². The van der Waals surface area contributed by atoms with Gasteiger partial charge in [-0.2, -0.15) is 0 Å². The summed E-state index contributed by atoms with van der Waals surface area (Å²) in [5.74, 6) is 0. The van der Waals surface area contributed by atoms with Crippen molar-refractivity contribution in [2.24, 2.45) is 0 Å². The van der Waals surface area contributed by atoms with Gasteiger partial charge in [0.05, 0.1) is 10.4 Å². The van der Waals surface area contributed by atoms with Crippen LogP contribution in [0.2, 0.25) is 0 Å². The van der Waals surface area contributed by atoms with Gasteiger partial charge in [-0.05, 0) is 30.2 Å². The molecular formula is C15H15N3S. The van der Waals surface area contributed by atoms with Crippen LogP contribution in [-0.4, -0.2) is 16.5 Å². The molecule has 0 amide bonds. The molecule has 0 fully saturated rings. The highest BCUT2D eigenvalue weighted by molar-refractivity contribution is 7.18. The van der Waals surface area contributed by atoms with Gasteiger partial charge in [0.1, 0.15) is 0 Å². The maximum atomic E-state index is 4.40. The monoisotopic (exact) mass is 269 g/mol. The molecule has 0 aliphatic heterocycles. The van der Waals surface area contributed by atoms with Crippen molar-refractivity contribution in [3.8, 4) is 10.4 Å². The minimum Gasteiger partial charge on any atom is -0.362 e. The van der Waals surface area contributed by atoms with Crippen LogP contribution in [0.4, 0.5) is 5.13 Å². The molecule has 2 aromatic heterocycles. The molecule has 96 valence electrons. The van der Waals surface area contributed by atoms with E-state index in [1.807, 2.05) is 18.5 Å². The van der Waals surface area contributed by atoms with E-state index in [0.29, 0.717) is 0 Å². The summed E-state index contributed by atoms with van der Waals surface area (Å²) in [5, 5.41) is 5.47. The third kappa shape index (κ3) is 2.58. The van der Waals surface area contributed by atoms with Crippen molar-refractivity contribution in [2.75, 3.05) is 11.9 Å². The van der Waals surface area contributed by atoms with Gasteiger partial charge in [-0.15, -0.1) is 0 Å². The minimum absolute atomic E-state index is 0.967. The predicted molar refractivity (Wildman–Crippen MR) is 81.6 cm³/mol. The lowest BCUT2D eigenvalue weighted by molar-refractivity contribution is 0.976. The summed E-state index contributed by atoms with van der Waals surface area (Å²) >= 11 is 1.69. The van der Waals surface area contributed by atoms with Gasteiger partial charge in [-0.25, -0.2) is 4.98 Å². The van der Waals surface area contributed by atoms with E-state index >= 15 is 0 Å². The van der Waals surface area contributed by atoms with Crippen LogP contribution in [-0.2, 0) is 0 Å². The highest BCUT2D eigenvalue weighted by Crippen LogP contribution is 2.30. The standard InChI is InChI=1S/C15H15N3S/c1-2-7-17-15-18-10-14(19-15)12-5-6-13-11(9-12)4-3-8-16-13/h3-6,8-10H,2,7H2,1H3,(H,17,18). The van der Waals surface area contributed by atoms with Gasteiger partial charge in [-0.3, -0.25) is 4.98 Å². The van der Waals surface area contributed by atoms with Gasteiger partial charge in [-0.1, -0.05) is 30.4 Å². The molecule has 0 bridgehead atoms. The Labute approximate surface area is 116 Å². The molecule has 4 heteroatoms. The maximum absolute atomic E-state index is 4.40. The molecule has 0 aliphatic rings. The van der Waals surface area contributed by atoms with Crippen molar-refractivity contribution in [1.82, 2.24) is 9.97 Å². The van der Waals surface area contributed by atoms with Crippen molar-refractivity contribution in [2.45, 2.75) is 13.3 Å². The van der Waals surface area contributed by atoms with Gasteiger partial charge in [0.15, 0.2) is 5.13 Å². The molecule has 0 spiro atoms. The first-order valence-corrected chi connectivity index (χ1v) is 7.23. The van der Waals surface area contributed by atoms with E-state index in [-0.39, 0.29) is 0 Å². The molecule has 0 atom stereocenters. The summed E-state index contributed by atoms with van der Waals surface area (Å²) in [6.45, 7) is 3.12. The Morgan fingerprint density at radius 2 is 2.16 bits per heavy atom. The largest absolute Gasteiger partial charge is 0.362 e. The smallest absolute Gasteiger partial charge is 0.183 e. The number of pyridine rings is 1. The van der Waals surface area contributed by atoms with E-state index in [1.165, 1.54) is 10.4 Å². The third-order valence-electron chi connectivity index (χ3n) is 2.92. The lowest BCUT2D eigenvalue weighted by atomic mass is 10.1. The Kier molecular flexibility index (Phi) is 3.42. The first-order chi connectivity index (χ1) is 9.36. The van der Waals surface area contributed by atoms with Crippen LogP contribution in [0, 0.1) is 0 Å². The normalized spacial score (nSPS) is 10.8. The number of hydrogen-bond acceptors (Lipinski definition) is 4. The molecule has 3 aromatic rings. The first-order valence-electron chi connectivity index (χ1n) is 6.41. The SMILES string of the molecule is CCCNc1ncc(-c2ccc3ncccc3c2)s1. The molecule has 0 saturated carbocycles. The number of aromatic nitrogens is 2. The number of nitrogens with one attached hydrogen (secondary N) is 1. The van der Waals surface area contributed by atoms with Gasteiger partial charge in [0.25, 0.3) is 0 Å². The Bertz CT molecular complexity index is 690. The van der Waals surface area contributed by atoms with E-state index in [0.717, 1.165) is 29.0 Å². The summed E-state index contributed by atoms with van der Waals surface area (Å²) in [6.07, 6.45) is 4.86. The number of nitrogens with zero attached hydrogens (tertiary/aromatic N) is 2. The quantitative estimate of drug-likeness (QED) is 0.772. The Morgan fingerprint density at radius 3 is 3.05 bits per heavy atom. The fraction of sp³-hybridized carbons (Fsp3) is 0.200. The van der Waals surface area contributed by atoms with Gasteiger partial charge < -0.3 is 5.32 Å². The number of hydrogen-bond donors (Lipinski definition) is 1. The van der Waals surface area contributed by atoms with Crippen LogP contribution in [0.25, 0.3) is 21.3 Å². The second-order valence-electron chi connectivity index (χ2n) is 4.37. The van der Waals surface area contributed by atoms with Crippen molar-refractivity contribution in [3.05, 3.63) is 42.7 Å². The van der Waals surface area contributed by atoms with E-state index in [1.54, 1.807) is 11.3 Å². The summed E-state index contributed by atoms with van der Waals surface area (Å²) in [5.41, 5.74) is 2.22. The summed E-state index contributed by atoms with van der Waals surface area (Å²) in [4.78, 5) is 9.92. The van der Waals surface area contributed by atoms with Crippen molar-refractivity contribution in [1.29, 1.82) is 0 Å². The zero-order chi connectivity index (χ0) is 13.1. The maximum Gasteiger partial charge on any atom is 0.183 e. The number of thiazole rings is 1. The number of fused-ring (bicyclic) bond motifs is 1. The Hall–Kier alpha value is -1.94. The molecule has 0 radical (unpaired) electrons. The molecule has 1 N–H and O–H groups in total. The van der Waals surface area contributed by atoms with Crippen molar-refractivity contribution < 1.29 is 0 Å². The topological polar surface area (TPSA) is 37.8 Å². The average molecular weight is 269 g/mol. The third-order valence-corrected chi connectivity index (χ3v) is 3.92. The van der Waals surface area contributed by atoms with Crippen LogP contribution in [0.5, 0.6) is 0 Å². The second-order valence-corrected chi connectivity index (χ2v) is 5.40. The van der Waals surface area contributed by atoms with E-state index in [9.17, 15) is 0 Å². The van der Waals surface area contributed by atoms with Gasteiger partial charge >= 0.3 is 0 Å². The molecular weight excluding hydrogens is 254 g/mol. The molecule has 0 saturated heterocycles. The fourth-order valence-corrected chi connectivity index (χ4v) is 2.79. The Morgan fingerprint density at radius 1 is 1.21 bits per heavy atom. The molecule has 1 aromatic carbocycles. The first kappa shape index (κ1) is 12.1. The van der Waals surface area contributed by atoms with Crippen molar-refractivity contribution in [3.63, 3.8) is 0 Å². The predicted octanol–water partition coefficient (Wildman–Crippen LogP) is 4.18. The molecule has 0 unspecified atom stereocenters. The zero-order valence-electron chi connectivity index (χ0n) is 10.8. The molecule has 3 rings (SSSR count).